The quantitative estimate of drug-likeness (QED) is 0.799. The van der Waals surface area contributed by atoms with Gasteiger partial charge in [0.05, 0.1) is 0 Å². The summed E-state index contributed by atoms with van der Waals surface area (Å²) in [6, 6.07) is 10.5. The number of anilines is 1. The summed E-state index contributed by atoms with van der Waals surface area (Å²) >= 11 is 0. The minimum atomic E-state index is 0. The van der Waals surface area contributed by atoms with E-state index >= 15 is 0 Å². The lowest BCUT2D eigenvalue weighted by Gasteiger charge is -2.21. The van der Waals surface area contributed by atoms with Gasteiger partial charge in [0.2, 0.25) is 5.95 Å². The Morgan fingerprint density at radius 1 is 0.957 bits per heavy atom. The SMILES string of the molecule is CN(C)c1ncc(CN(CCN)CCc2ccccc2)cn1.Cl. The van der Waals surface area contributed by atoms with E-state index in [-0.39, 0.29) is 12.4 Å². The molecule has 0 aliphatic carbocycles. The van der Waals surface area contributed by atoms with E-state index < -0.39 is 0 Å². The van der Waals surface area contributed by atoms with E-state index in [1.54, 1.807) is 0 Å². The molecule has 2 N–H and O–H groups in total. The second kappa shape index (κ2) is 10.2. The summed E-state index contributed by atoms with van der Waals surface area (Å²) in [5, 5.41) is 0. The molecule has 0 unspecified atom stereocenters. The second-order valence-electron chi connectivity index (χ2n) is 5.59. The highest BCUT2D eigenvalue weighted by Crippen LogP contribution is 2.08. The molecule has 2 aromatic rings. The van der Waals surface area contributed by atoms with Gasteiger partial charge >= 0.3 is 0 Å². The van der Waals surface area contributed by atoms with Crippen molar-refractivity contribution >= 4 is 18.4 Å². The Kier molecular flexibility index (Phi) is 8.55. The van der Waals surface area contributed by atoms with E-state index in [1.807, 2.05) is 37.5 Å². The summed E-state index contributed by atoms with van der Waals surface area (Å²) in [6.07, 6.45) is 4.82. The van der Waals surface area contributed by atoms with Gasteiger partial charge in [-0.25, -0.2) is 9.97 Å². The largest absolute Gasteiger partial charge is 0.347 e. The number of hydrogen-bond acceptors (Lipinski definition) is 5. The van der Waals surface area contributed by atoms with Gasteiger partial charge in [-0.3, -0.25) is 4.90 Å². The summed E-state index contributed by atoms with van der Waals surface area (Å²) in [5.74, 6) is 0.735. The Morgan fingerprint density at radius 2 is 1.61 bits per heavy atom. The number of aromatic nitrogens is 2. The lowest BCUT2D eigenvalue weighted by Crippen LogP contribution is -2.31. The molecule has 0 saturated carbocycles. The van der Waals surface area contributed by atoms with Crippen LogP contribution in [0.25, 0.3) is 0 Å². The molecule has 0 saturated heterocycles. The van der Waals surface area contributed by atoms with E-state index in [0.29, 0.717) is 6.54 Å². The number of nitrogens with zero attached hydrogens (tertiary/aromatic N) is 4. The van der Waals surface area contributed by atoms with E-state index in [4.69, 9.17) is 5.73 Å². The number of rotatable bonds is 8. The van der Waals surface area contributed by atoms with Crippen LogP contribution in [0.3, 0.4) is 0 Å². The Labute approximate surface area is 144 Å². The second-order valence-corrected chi connectivity index (χ2v) is 5.59. The van der Waals surface area contributed by atoms with Gasteiger partial charge < -0.3 is 10.6 Å². The Hall–Kier alpha value is -1.69. The van der Waals surface area contributed by atoms with Crippen molar-refractivity contribution in [2.24, 2.45) is 5.73 Å². The Bertz CT molecular complexity index is 545. The molecule has 1 aromatic heterocycles. The van der Waals surface area contributed by atoms with Gasteiger partial charge in [0, 0.05) is 58.2 Å². The molecule has 0 spiro atoms. The molecule has 0 radical (unpaired) electrons. The predicted octanol–water partition coefficient (Wildman–Crippen LogP) is 1.97. The normalized spacial score (nSPS) is 10.4. The zero-order valence-corrected chi connectivity index (χ0v) is 14.7. The standard InChI is InChI=1S/C17H25N5.ClH/c1-21(2)17-19-12-16(13-20-17)14-22(11-9-18)10-8-15-6-4-3-5-7-15;/h3-7,12-13H,8-11,14,18H2,1-2H3;1H. The molecule has 1 aromatic carbocycles. The third-order valence-corrected chi connectivity index (χ3v) is 3.50. The maximum absolute atomic E-state index is 5.74. The summed E-state index contributed by atoms with van der Waals surface area (Å²) in [7, 11) is 3.88. The minimum absolute atomic E-state index is 0. The first-order valence-electron chi connectivity index (χ1n) is 7.63. The Balaban J connectivity index is 0.00000264. The fourth-order valence-corrected chi connectivity index (χ4v) is 2.30. The van der Waals surface area contributed by atoms with Crippen molar-refractivity contribution in [2.45, 2.75) is 13.0 Å². The number of benzene rings is 1. The topological polar surface area (TPSA) is 58.3 Å². The van der Waals surface area contributed by atoms with Crippen LogP contribution in [-0.2, 0) is 13.0 Å². The van der Waals surface area contributed by atoms with Crippen LogP contribution >= 0.6 is 12.4 Å². The maximum Gasteiger partial charge on any atom is 0.224 e. The average molecular weight is 336 g/mol. The van der Waals surface area contributed by atoms with Crippen molar-refractivity contribution in [3.63, 3.8) is 0 Å². The van der Waals surface area contributed by atoms with Gasteiger partial charge in [-0.15, -0.1) is 12.4 Å². The van der Waals surface area contributed by atoms with Crippen LogP contribution in [0.15, 0.2) is 42.7 Å². The molecular formula is C17H26ClN5. The van der Waals surface area contributed by atoms with Crippen LogP contribution in [0.4, 0.5) is 5.95 Å². The van der Waals surface area contributed by atoms with Gasteiger partial charge in [0.15, 0.2) is 0 Å². The summed E-state index contributed by atoms with van der Waals surface area (Å²) in [6.45, 7) is 3.35. The molecule has 126 valence electrons. The molecule has 0 aliphatic rings. The predicted molar refractivity (Wildman–Crippen MR) is 98.1 cm³/mol. The van der Waals surface area contributed by atoms with Gasteiger partial charge in [0.1, 0.15) is 0 Å². The summed E-state index contributed by atoms with van der Waals surface area (Å²) < 4.78 is 0. The molecule has 6 heteroatoms. The molecule has 0 atom stereocenters. The van der Waals surface area contributed by atoms with Crippen molar-refractivity contribution in [3.8, 4) is 0 Å². The van der Waals surface area contributed by atoms with Crippen LogP contribution in [0.1, 0.15) is 11.1 Å². The van der Waals surface area contributed by atoms with Crippen LogP contribution in [0, 0.1) is 0 Å². The molecule has 0 bridgehead atoms. The van der Waals surface area contributed by atoms with Gasteiger partial charge in [0.25, 0.3) is 0 Å². The average Bonchev–Trinajstić information content (AvgIpc) is 2.54. The van der Waals surface area contributed by atoms with Crippen molar-refractivity contribution in [3.05, 3.63) is 53.9 Å². The first-order chi connectivity index (χ1) is 10.7. The summed E-state index contributed by atoms with van der Waals surface area (Å²) in [4.78, 5) is 13.0. The lowest BCUT2D eigenvalue weighted by atomic mass is 10.1. The van der Waals surface area contributed by atoms with Crippen LogP contribution < -0.4 is 10.6 Å². The highest BCUT2D eigenvalue weighted by Gasteiger charge is 2.07. The molecule has 0 fully saturated rings. The van der Waals surface area contributed by atoms with Gasteiger partial charge in [-0.1, -0.05) is 30.3 Å². The van der Waals surface area contributed by atoms with E-state index in [9.17, 15) is 0 Å². The molecular weight excluding hydrogens is 310 g/mol. The monoisotopic (exact) mass is 335 g/mol. The molecule has 23 heavy (non-hydrogen) atoms. The molecule has 2 rings (SSSR count). The zero-order chi connectivity index (χ0) is 15.8. The van der Waals surface area contributed by atoms with E-state index in [1.165, 1.54) is 5.56 Å². The van der Waals surface area contributed by atoms with E-state index in [0.717, 1.165) is 37.6 Å². The molecule has 1 heterocycles. The maximum atomic E-state index is 5.74. The third-order valence-electron chi connectivity index (χ3n) is 3.50. The van der Waals surface area contributed by atoms with Crippen LogP contribution in [-0.4, -0.2) is 48.6 Å². The highest BCUT2D eigenvalue weighted by molar-refractivity contribution is 5.85. The highest BCUT2D eigenvalue weighted by atomic mass is 35.5. The van der Waals surface area contributed by atoms with Crippen molar-refractivity contribution in [2.75, 3.05) is 38.6 Å². The first kappa shape index (κ1) is 19.4. The smallest absolute Gasteiger partial charge is 0.224 e. The third kappa shape index (κ3) is 6.52. The Morgan fingerprint density at radius 3 is 2.17 bits per heavy atom. The van der Waals surface area contributed by atoms with Crippen LogP contribution in [0.5, 0.6) is 0 Å². The molecule has 0 amide bonds. The number of hydrogen-bond donors (Lipinski definition) is 1. The molecule has 5 nitrogen and oxygen atoms in total. The van der Waals surface area contributed by atoms with Gasteiger partial charge in [-0.2, -0.15) is 0 Å². The number of halogens is 1. The van der Waals surface area contributed by atoms with Gasteiger partial charge in [-0.05, 0) is 12.0 Å². The van der Waals surface area contributed by atoms with Crippen molar-refractivity contribution in [1.82, 2.24) is 14.9 Å². The van der Waals surface area contributed by atoms with Crippen LogP contribution in [0.2, 0.25) is 0 Å². The number of nitrogens with two attached hydrogens (primary N) is 1. The van der Waals surface area contributed by atoms with Crippen molar-refractivity contribution < 1.29 is 0 Å². The lowest BCUT2D eigenvalue weighted by molar-refractivity contribution is 0.276. The minimum Gasteiger partial charge on any atom is -0.347 e. The first-order valence-corrected chi connectivity index (χ1v) is 7.63. The van der Waals surface area contributed by atoms with Crippen molar-refractivity contribution in [1.29, 1.82) is 0 Å². The fraction of sp³-hybridized carbons (Fsp3) is 0.412. The molecule has 0 aliphatic heterocycles. The zero-order valence-electron chi connectivity index (χ0n) is 13.9. The van der Waals surface area contributed by atoms with E-state index in [2.05, 4.69) is 39.1 Å². The summed E-state index contributed by atoms with van der Waals surface area (Å²) in [5.41, 5.74) is 8.20. The fourth-order valence-electron chi connectivity index (χ4n) is 2.30.